The Morgan fingerprint density at radius 3 is 2.86 bits per heavy atom. The van der Waals surface area contributed by atoms with Crippen molar-refractivity contribution < 1.29 is 4.79 Å². The number of thiazole rings is 1. The van der Waals surface area contributed by atoms with Gasteiger partial charge >= 0.3 is 0 Å². The minimum atomic E-state index is -0.234. The molecule has 7 nitrogen and oxygen atoms in total. The Bertz CT molecular complexity index is 1160. The van der Waals surface area contributed by atoms with Crippen LogP contribution in [-0.4, -0.2) is 38.5 Å². The van der Waals surface area contributed by atoms with Crippen molar-refractivity contribution in [2.45, 2.75) is 25.9 Å². The zero-order chi connectivity index (χ0) is 19.8. The SMILES string of the molecule is CN[C@@H](C)C(=O)N[C@@H](C)c1cccc(-c2nc3c(ncc4ncn(C)c43)s2)c1. The second-order valence-corrected chi connectivity index (χ2v) is 7.86. The molecule has 2 atom stereocenters. The summed E-state index contributed by atoms with van der Waals surface area (Å²) in [5.41, 5.74) is 4.75. The van der Waals surface area contributed by atoms with E-state index in [1.807, 2.05) is 43.7 Å². The fourth-order valence-corrected chi connectivity index (χ4v) is 4.03. The molecule has 4 aromatic rings. The van der Waals surface area contributed by atoms with Crippen molar-refractivity contribution in [1.29, 1.82) is 0 Å². The van der Waals surface area contributed by atoms with E-state index in [1.165, 1.54) is 0 Å². The van der Waals surface area contributed by atoms with E-state index in [0.29, 0.717) is 0 Å². The molecule has 0 saturated heterocycles. The number of imidazole rings is 1. The molecule has 0 fully saturated rings. The first-order chi connectivity index (χ1) is 13.5. The van der Waals surface area contributed by atoms with E-state index in [4.69, 9.17) is 4.98 Å². The Balaban J connectivity index is 1.68. The Labute approximate surface area is 166 Å². The maximum absolute atomic E-state index is 12.2. The Morgan fingerprint density at radius 1 is 1.25 bits per heavy atom. The molecular weight excluding hydrogens is 372 g/mol. The normalized spacial score (nSPS) is 13.7. The second kappa shape index (κ2) is 7.29. The van der Waals surface area contributed by atoms with Crippen LogP contribution in [0.15, 0.2) is 36.8 Å². The number of aromatic nitrogens is 4. The third kappa shape index (κ3) is 3.25. The van der Waals surface area contributed by atoms with Crippen molar-refractivity contribution in [2.75, 3.05) is 7.05 Å². The first kappa shape index (κ1) is 18.5. The minimum absolute atomic E-state index is 0.0248. The van der Waals surface area contributed by atoms with Crippen LogP contribution in [0.1, 0.15) is 25.5 Å². The average molecular weight is 395 g/mol. The number of aryl methyl sites for hydroxylation is 1. The van der Waals surface area contributed by atoms with Gasteiger partial charge in [-0.15, -0.1) is 0 Å². The lowest BCUT2D eigenvalue weighted by atomic mass is 10.0. The highest BCUT2D eigenvalue weighted by molar-refractivity contribution is 7.21. The van der Waals surface area contributed by atoms with Crippen LogP contribution in [0.5, 0.6) is 0 Å². The number of rotatable bonds is 5. The maximum atomic E-state index is 12.2. The Hall–Kier alpha value is -2.84. The van der Waals surface area contributed by atoms with Crippen LogP contribution < -0.4 is 10.6 Å². The summed E-state index contributed by atoms with van der Waals surface area (Å²) in [6.07, 6.45) is 3.57. The molecule has 1 aromatic carbocycles. The average Bonchev–Trinajstić information content (AvgIpc) is 3.30. The van der Waals surface area contributed by atoms with Gasteiger partial charge in [-0.25, -0.2) is 15.0 Å². The molecule has 3 aromatic heterocycles. The number of fused-ring (bicyclic) bond motifs is 3. The van der Waals surface area contributed by atoms with Crippen LogP contribution in [0.3, 0.4) is 0 Å². The number of benzene rings is 1. The number of carbonyl (C=O) groups is 1. The lowest BCUT2D eigenvalue weighted by Crippen LogP contribution is -2.41. The van der Waals surface area contributed by atoms with Gasteiger partial charge in [0.15, 0.2) is 0 Å². The highest BCUT2D eigenvalue weighted by Crippen LogP contribution is 2.33. The summed E-state index contributed by atoms with van der Waals surface area (Å²) in [5, 5.41) is 6.90. The van der Waals surface area contributed by atoms with Gasteiger partial charge < -0.3 is 15.2 Å². The van der Waals surface area contributed by atoms with Crippen molar-refractivity contribution in [2.24, 2.45) is 7.05 Å². The van der Waals surface area contributed by atoms with Gasteiger partial charge in [0, 0.05) is 12.6 Å². The molecule has 0 aliphatic carbocycles. The van der Waals surface area contributed by atoms with Crippen molar-refractivity contribution in [3.05, 3.63) is 42.4 Å². The van der Waals surface area contributed by atoms with Gasteiger partial charge in [0.2, 0.25) is 5.91 Å². The van der Waals surface area contributed by atoms with E-state index >= 15 is 0 Å². The van der Waals surface area contributed by atoms with Gasteiger partial charge in [0.25, 0.3) is 0 Å². The summed E-state index contributed by atoms with van der Waals surface area (Å²) in [6, 6.07) is 7.79. The van der Waals surface area contributed by atoms with Gasteiger partial charge in [0.1, 0.15) is 20.9 Å². The zero-order valence-corrected chi connectivity index (χ0v) is 17.0. The van der Waals surface area contributed by atoms with E-state index < -0.39 is 0 Å². The number of carbonyl (C=O) groups excluding carboxylic acids is 1. The summed E-state index contributed by atoms with van der Waals surface area (Å²) in [7, 11) is 3.74. The highest BCUT2D eigenvalue weighted by atomic mass is 32.1. The predicted octanol–water partition coefficient (Wildman–Crippen LogP) is 3.03. The van der Waals surface area contributed by atoms with Crippen molar-refractivity contribution in [1.82, 2.24) is 30.2 Å². The first-order valence-electron chi connectivity index (χ1n) is 9.12. The Morgan fingerprint density at radius 2 is 2.07 bits per heavy atom. The molecule has 0 unspecified atom stereocenters. The van der Waals surface area contributed by atoms with Gasteiger partial charge in [-0.05, 0) is 32.5 Å². The molecule has 0 spiro atoms. The monoisotopic (exact) mass is 394 g/mol. The smallest absolute Gasteiger partial charge is 0.237 e. The van der Waals surface area contributed by atoms with Crippen LogP contribution in [0.4, 0.5) is 0 Å². The number of nitrogens with one attached hydrogen (secondary N) is 2. The van der Waals surface area contributed by atoms with E-state index in [-0.39, 0.29) is 18.0 Å². The summed E-state index contributed by atoms with van der Waals surface area (Å²) in [6.45, 7) is 3.82. The van der Waals surface area contributed by atoms with Crippen molar-refractivity contribution >= 4 is 38.6 Å². The van der Waals surface area contributed by atoms with Gasteiger partial charge in [-0.3, -0.25) is 4.79 Å². The summed E-state index contributed by atoms with van der Waals surface area (Å²) in [5.74, 6) is -0.0248. The summed E-state index contributed by atoms with van der Waals surface area (Å²) < 4.78 is 1.97. The molecule has 28 heavy (non-hydrogen) atoms. The second-order valence-electron chi connectivity index (χ2n) is 6.89. The zero-order valence-electron chi connectivity index (χ0n) is 16.2. The van der Waals surface area contributed by atoms with E-state index in [2.05, 4.69) is 26.7 Å². The number of pyridine rings is 1. The van der Waals surface area contributed by atoms with Crippen LogP contribution in [0.25, 0.3) is 32.0 Å². The lowest BCUT2D eigenvalue weighted by Gasteiger charge is -2.18. The standard InChI is InChI=1S/C20H22N6OS/c1-11(24-18(27)12(2)21-3)13-6-5-7-14(8-13)19-25-16-17-15(23-10-26(17)4)9-22-20(16)28-19/h5-12,21H,1-4H3,(H,24,27)/t11-,12-/m0/s1. The molecule has 8 heteroatoms. The molecule has 2 N–H and O–H groups in total. The fourth-order valence-electron chi connectivity index (χ4n) is 3.12. The third-order valence-electron chi connectivity index (χ3n) is 4.92. The Kier molecular flexibility index (Phi) is 4.82. The molecule has 0 aliphatic rings. The minimum Gasteiger partial charge on any atom is -0.348 e. The maximum Gasteiger partial charge on any atom is 0.237 e. The van der Waals surface area contributed by atoms with E-state index in [1.54, 1.807) is 30.9 Å². The number of hydrogen-bond donors (Lipinski definition) is 2. The molecule has 0 aliphatic heterocycles. The van der Waals surface area contributed by atoms with Crippen molar-refractivity contribution in [3.63, 3.8) is 0 Å². The topological polar surface area (TPSA) is 84.7 Å². The predicted molar refractivity (Wildman–Crippen MR) is 112 cm³/mol. The van der Waals surface area contributed by atoms with Crippen LogP contribution in [-0.2, 0) is 11.8 Å². The molecule has 144 valence electrons. The molecule has 3 heterocycles. The van der Waals surface area contributed by atoms with Crippen molar-refractivity contribution in [3.8, 4) is 10.6 Å². The molecule has 0 saturated carbocycles. The molecule has 0 radical (unpaired) electrons. The molecule has 1 amide bonds. The molecular formula is C20H22N6OS. The van der Waals surface area contributed by atoms with Crippen LogP contribution in [0.2, 0.25) is 0 Å². The number of nitrogens with zero attached hydrogens (tertiary/aromatic N) is 4. The largest absolute Gasteiger partial charge is 0.348 e. The van der Waals surface area contributed by atoms with E-state index in [9.17, 15) is 4.79 Å². The van der Waals surface area contributed by atoms with Gasteiger partial charge in [-0.1, -0.05) is 29.5 Å². The molecule has 4 rings (SSSR count). The highest BCUT2D eigenvalue weighted by Gasteiger charge is 2.17. The lowest BCUT2D eigenvalue weighted by molar-refractivity contribution is -0.123. The van der Waals surface area contributed by atoms with Crippen LogP contribution in [0, 0.1) is 0 Å². The van der Waals surface area contributed by atoms with Crippen LogP contribution >= 0.6 is 11.3 Å². The summed E-state index contributed by atoms with van der Waals surface area (Å²) >= 11 is 1.56. The van der Waals surface area contributed by atoms with E-state index in [0.717, 1.165) is 37.5 Å². The number of amides is 1. The number of likely N-dealkylation sites (N-methyl/N-ethyl adjacent to an activating group) is 1. The quantitative estimate of drug-likeness (QED) is 0.543. The first-order valence-corrected chi connectivity index (χ1v) is 9.94. The molecule has 0 bridgehead atoms. The van der Waals surface area contributed by atoms with Gasteiger partial charge in [0.05, 0.1) is 30.1 Å². The third-order valence-corrected chi connectivity index (χ3v) is 5.93. The van der Waals surface area contributed by atoms with Gasteiger partial charge in [-0.2, -0.15) is 0 Å². The summed E-state index contributed by atoms with van der Waals surface area (Å²) in [4.78, 5) is 26.8. The fraction of sp³-hybridized carbons (Fsp3) is 0.300. The number of hydrogen-bond acceptors (Lipinski definition) is 6.